The van der Waals surface area contributed by atoms with Gasteiger partial charge in [-0.05, 0) is 13.0 Å². The minimum Gasteiger partial charge on any atom is -0.350 e. The number of aliphatic imine (C=N–C) groups is 1. The zero-order chi connectivity index (χ0) is 12.6. The molecule has 0 saturated carbocycles. The summed E-state index contributed by atoms with van der Waals surface area (Å²) in [6, 6.07) is 1.77. The van der Waals surface area contributed by atoms with Crippen LogP contribution in [0, 0.1) is 6.92 Å². The van der Waals surface area contributed by atoms with Gasteiger partial charge < -0.3 is 4.90 Å². The first-order valence-electron chi connectivity index (χ1n) is 4.94. The molecule has 1 aromatic heterocycles. The molecule has 0 spiro atoms. The molecule has 2 rings (SSSR count). The Hall–Kier alpha value is -1.79. The van der Waals surface area contributed by atoms with Crippen LogP contribution in [0.25, 0.3) is 5.70 Å². The molecule has 1 aromatic rings. The van der Waals surface area contributed by atoms with E-state index in [1.54, 1.807) is 19.2 Å². The van der Waals surface area contributed by atoms with Crippen molar-refractivity contribution in [2.45, 2.75) is 19.3 Å². The van der Waals surface area contributed by atoms with Gasteiger partial charge in [-0.25, -0.2) is 4.68 Å². The summed E-state index contributed by atoms with van der Waals surface area (Å²) >= 11 is 0. The van der Waals surface area contributed by atoms with Crippen LogP contribution in [-0.2, 0) is 0 Å². The predicted octanol–water partition coefficient (Wildman–Crippen LogP) is 1.89. The summed E-state index contributed by atoms with van der Waals surface area (Å²) in [6.07, 6.45) is -1.95. The Morgan fingerprint density at radius 2 is 2.06 bits per heavy atom. The first kappa shape index (κ1) is 11.7. The van der Waals surface area contributed by atoms with Gasteiger partial charge in [-0.3, -0.25) is 4.99 Å². The Balaban J connectivity index is 2.24. The second-order valence-corrected chi connectivity index (χ2v) is 3.81. The summed E-state index contributed by atoms with van der Waals surface area (Å²) in [5.41, 5.74) is 1.29. The molecule has 92 valence electrons. The minimum absolute atomic E-state index is 0.501. The lowest BCUT2D eigenvalue weighted by atomic mass is 10.3. The number of hydrogen-bond donors (Lipinski definition) is 0. The van der Waals surface area contributed by atoms with Crippen molar-refractivity contribution in [2.75, 3.05) is 7.05 Å². The van der Waals surface area contributed by atoms with Crippen LogP contribution >= 0.6 is 0 Å². The first-order valence-corrected chi connectivity index (χ1v) is 4.94. The summed E-state index contributed by atoms with van der Waals surface area (Å²) in [5, 5.41) is 4.11. The largest absolute Gasteiger partial charge is 0.429 e. The number of aromatic nitrogens is 2. The average Bonchev–Trinajstić information content (AvgIpc) is 2.62. The third-order valence-corrected chi connectivity index (χ3v) is 2.35. The van der Waals surface area contributed by atoms with Crippen molar-refractivity contribution in [1.29, 1.82) is 0 Å². The summed E-state index contributed by atoms with van der Waals surface area (Å²) in [6.45, 7) is 1.80. The molecule has 0 fully saturated rings. The van der Waals surface area contributed by atoms with Crippen LogP contribution in [0.5, 0.6) is 0 Å². The Labute approximate surface area is 96.0 Å². The third-order valence-electron chi connectivity index (χ3n) is 2.35. The maximum Gasteiger partial charge on any atom is 0.429 e. The van der Waals surface area contributed by atoms with E-state index in [0.29, 0.717) is 5.70 Å². The number of halogens is 3. The number of rotatable bonds is 1. The second kappa shape index (κ2) is 3.90. The Morgan fingerprint density at radius 3 is 2.53 bits per heavy atom. The zero-order valence-corrected chi connectivity index (χ0v) is 9.31. The number of alkyl halides is 3. The van der Waals surface area contributed by atoms with Gasteiger partial charge in [0.05, 0.1) is 17.6 Å². The van der Waals surface area contributed by atoms with Crippen molar-refractivity contribution in [1.82, 2.24) is 14.7 Å². The smallest absolute Gasteiger partial charge is 0.350 e. The van der Waals surface area contributed by atoms with E-state index in [1.165, 1.54) is 24.1 Å². The second-order valence-electron chi connectivity index (χ2n) is 3.81. The Bertz CT molecular complexity index is 472. The normalized spacial score (nSPS) is 20.6. The average molecular weight is 244 g/mol. The number of allylic oxidation sites excluding steroid dienone is 1. The molecular formula is C10H11F3N4. The van der Waals surface area contributed by atoms with Crippen molar-refractivity contribution < 1.29 is 13.2 Å². The lowest BCUT2D eigenvalue weighted by Gasteiger charge is -2.28. The van der Waals surface area contributed by atoms with Gasteiger partial charge in [0.15, 0.2) is 0 Å². The monoisotopic (exact) mass is 244 g/mol. The van der Waals surface area contributed by atoms with Gasteiger partial charge in [0.2, 0.25) is 6.17 Å². The SMILES string of the molecule is Cc1ccn(C2=CN(C)C(C(F)(F)F)N=C2)n1. The third kappa shape index (κ3) is 2.32. The van der Waals surface area contributed by atoms with Crippen molar-refractivity contribution >= 4 is 11.9 Å². The van der Waals surface area contributed by atoms with Crippen LogP contribution in [0.15, 0.2) is 23.5 Å². The van der Waals surface area contributed by atoms with Gasteiger partial charge in [0.1, 0.15) is 0 Å². The number of aryl methyl sites for hydroxylation is 1. The fourth-order valence-corrected chi connectivity index (χ4v) is 1.56. The maximum absolute atomic E-state index is 12.5. The van der Waals surface area contributed by atoms with Crippen molar-refractivity contribution in [3.8, 4) is 0 Å². The Morgan fingerprint density at radius 1 is 1.35 bits per heavy atom. The number of nitrogens with zero attached hydrogens (tertiary/aromatic N) is 4. The van der Waals surface area contributed by atoms with Crippen LogP contribution in [0.2, 0.25) is 0 Å². The lowest BCUT2D eigenvalue weighted by molar-refractivity contribution is -0.171. The molecule has 17 heavy (non-hydrogen) atoms. The maximum atomic E-state index is 12.5. The van der Waals surface area contributed by atoms with E-state index < -0.39 is 12.3 Å². The van der Waals surface area contributed by atoms with E-state index in [2.05, 4.69) is 10.1 Å². The first-order chi connectivity index (χ1) is 7.88. The molecule has 0 bridgehead atoms. The van der Waals surface area contributed by atoms with Gasteiger partial charge >= 0.3 is 6.18 Å². The van der Waals surface area contributed by atoms with Crippen molar-refractivity contribution in [2.24, 2.45) is 4.99 Å². The van der Waals surface area contributed by atoms with E-state index in [1.807, 2.05) is 0 Å². The lowest BCUT2D eigenvalue weighted by Crippen LogP contribution is -2.41. The zero-order valence-electron chi connectivity index (χ0n) is 9.31. The molecule has 1 unspecified atom stereocenters. The van der Waals surface area contributed by atoms with Crippen LogP contribution in [0.1, 0.15) is 5.69 Å². The molecule has 0 amide bonds. The molecule has 0 saturated heterocycles. The Kier molecular flexibility index (Phi) is 2.68. The molecule has 0 radical (unpaired) electrons. The topological polar surface area (TPSA) is 33.4 Å². The fourth-order valence-electron chi connectivity index (χ4n) is 1.56. The van der Waals surface area contributed by atoms with E-state index in [0.717, 1.165) is 10.6 Å². The van der Waals surface area contributed by atoms with Gasteiger partial charge in [0.25, 0.3) is 0 Å². The summed E-state index contributed by atoms with van der Waals surface area (Å²) in [7, 11) is 1.34. The highest BCUT2D eigenvalue weighted by atomic mass is 19.4. The summed E-state index contributed by atoms with van der Waals surface area (Å²) in [5.74, 6) is 0. The summed E-state index contributed by atoms with van der Waals surface area (Å²) < 4.78 is 39.0. The fraction of sp³-hybridized carbons (Fsp3) is 0.400. The standard InChI is InChI=1S/C10H11F3N4/c1-7-3-4-17(15-7)8-5-14-9(10(11,12)13)16(2)6-8/h3-6,9H,1-2H3. The highest BCUT2D eigenvalue weighted by Crippen LogP contribution is 2.27. The molecule has 4 nitrogen and oxygen atoms in total. The molecule has 1 aliphatic heterocycles. The van der Waals surface area contributed by atoms with Gasteiger partial charge in [-0.15, -0.1) is 0 Å². The molecule has 1 aliphatic rings. The quantitative estimate of drug-likeness (QED) is 0.756. The van der Waals surface area contributed by atoms with E-state index >= 15 is 0 Å². The van der Waals surface area contributed by atoms with Gasteiger partial charge in [-0.2, -0.15) is 18.3 Å². The summed E-state index contributed by atoms with van der Waals surface area (Å²) in [4.78, 5) is 4.52. The minimum atomic E-state index is -4.37. The predicted molar refractivity (Wildman–Crippen MR) is 57.3 cm³/mol. The molecule has 0 aliphatic carbocycles. The molecular weight excluding hydrogens is 233 g/mol. The van der Waals surface area contributed by atoms with E-state index in [-0.39, 0.29) is 0 Å². The molecule has 7 heteroatoms. The van der Waals surface area contributed by atoms with Crippen LogP contribution in [0.3, 0.4) is 0 Å². The van der Waals surface area contributed by atoms with Gasteiger partial charge in [0, 0.05) is 19.4 Å². The molecule has 0 aromatic carbocycles. The van der Waals surface area contributed by atoms with Crippen LogP contribution in [0.4, 0.5) is 13.2 Å². The highest BCUT2D eigenvalue weighted by Gasteiger charge is 2.42. The molecule has 0 N–H and O–H groups in total. The van der Waals surface area contributed by atoms with Gasteiger partial charge in [-0.1, -0.05) is 0 Å². The van der Waals surface area contributed by atoms with E-state index in [4.69, 9.17) is 0 Å². The highest BCUT2D eigenvalue weighted by molar-refractivity contribution is 6.02. The van der Waals surface area contributed by atoms with Crippen LogP contribution < -0.4 is 0 Å². The van der Waals surface area contributed by atoms with E-state index in [9.17, 15) is 13.2 Å². The van der Waals surface area contributed by atoms with Crippen molar-refractivity contribution in [3.63, 3.8) is 0 Å². The number of hydrogen-bond acceptors (Lipinski definition) is 3. The van der Waals surface area contributed by atoms with Crippen molar-refractivity contribution in [3.05, 3.63) is 24.2 Å². The molecule has 1 atom stereocenters. The van der Waals surface area contributed by atoms with Crippen LogP contribution in [-0.4, -0.2) is 40.3 Å². The molecule has 2 heterocycles.